The maximum atomic E-state index is 12.8. The molecule has 0 fully saturated rings. The van der Waals surface area contributed by atoms with E-state index in [1.54, 1.807) is 17.2 Å². The lowest BCUT2D eigenvalue weighted by molar-refractivity contribution is 0.0689. The average molecular weight is 283 g/mol. The van der Waals surface area contributed by atoms with Gasteiger partial charge in [0, 0.05) is 17.9 Å². The predicted molar refractivity (Wildman–Crippen MR) is 84.8 cm³/mol. The van der Waals surface area contributed by atoms with E-state index in [1.807, 2.05) is 51.1 Å². The average Bonchev–Trinajstić information content (AvgIpc) is 2.47. The van der Waals surface area contributed by atoms with Gasteiger partial charge in [0.25, 0.3) is 5.91 Å². The molecule has 0 bridgehead atoms. The Bertz CT molecular complexity index is 623. The number of carbonyl (C=O) groups excluding carboxylic acids is 1. The van der Waals surface area contributed by atoms with Gasteiger partial charge in [-0.15, -0.1) is 0 Å². The fourth-order valence-electron chi connectivity index (χ4n) is 2.17. The van der Waals surface area contributed by atoms with Gasteiger partial charge < -0.3 is 10.6 Å². The molecule has 2 N–H and O–H groups in total. The number of nitrogen functional groups attached to an aromatic ring is 1. The molecular formula is C17H21N3O. The topological polar surface area (TPSA) is 59.2 Å². The second-order valence-corrected chi connectivity index (χ2v) is 5.44. The molecule has 0 radical (unpaired) electrons. The maximum Gasteiger partial charge on any atom is 0.256 e. The van der Waals surface area contributed by atoms with Crippen LogP contribution in [0.4, 0.5) is 5.69 Å². The Balaban J connectivity index is 2.30. The third kappa shape index (κ3) is 3.60. The highest BCUT2D eigenvalue weighted by Crippen LogP contribution is 2.19. The molecule has 0 unspecified atom stereocenters. The molecule has 21 heavy (non-hydrogen) atoms. The Morgan fingerprint density at radius 1 is 1.29 bits per heavy atom. The van der Waals surface area contributed by atoms with Gasteiger partial charge in [0.05, 0.1) is 17.8 Å². The van der Waals surface area contributed by atoms with Crippen LogP contribution in [-0.4, -0.2) is 21.8 Å². The van der Waals surface area contributed by atoms with Crippen molar-refractivity contribution in [2.24, 2.45) is 0 Å². The summed E-state index contributed by atoms with van der Waals surface area (Å²) in [7, 11) is 0. The van der Waals surface area contributed by atoms with Crippen LogP contribution in [0.2, 0.25) is 0 Å². The lowest BCUT2D eigenvalue weighted by Gasteiger charge is -2.27. The quantitative estimate of drug-likeness (QED) is 0.877. The minimum absolute atomic E-state index is 0.0585. The van der Waals surface area contributed by atoms with E-state index in [1.165, 1.54) is 0 Å². The fourth-order valence-corrected chi connectivity index (χ4v) is 2.17. The molecule has 0 aliphatic heterocycles. The van der Waals surface area contributed by atoms with Crippen molar-refractivity contribution in [1.29, 1.82) is 0 Å². The molecule has 1 aromatic carbocycles. The van der Waals surface area contributed by atoms with Gasteiger partial charge >= 0.3 is 0 Å². The third-order valence-electron chi connectivity index (χ3n) is 3.38. The highest BCUT2D eigenvalue weighted by atomic mass is 16.2. The summed E-state index contributed by atoms with van der Waals surface area (Å²) in [5.74, 6) is -0.0585. The van der Waals surface area contributed by atoms with Crippen molar-refractivity contribution in [2.75, 3.05) is 5.73 Å². The number of anilines is 1. The van der Waals surface area contributed by atoms with E-state index in [0.29, 0.717) is 17.8 Å². The summed E-state index contributed by atoms with van der Waals surface area (Å²) in [6.45, 7) is 6.42. The SMILES string of the molecule is Cc1ccc(N)c(C(=O)N(Cc2ccccn2)C(C)C)c1. The number of rotatable bonds is 4. The van der Waals surface area contributed by atoms with Gasteiger partial charge in [0.1, 0.15) is 0 Å². The first-order valence-electron chi connectivity index (χ1n) is 7.06. The van der Waals surface area contributed by atoms with Crippen molar-refractivity contribution in [1.82, 2.24) is 9.88 Å². The van der Waals surface area contributed by atoms with Crippen LogP contribution in [0.1, 0.15) is 35.5 Å². The van der Waals surface area contributed by atoms with Crippen LogP contribution in [-0.2, 0) is 6.54 Å². The monoisotopic (exact) mass is 283 g/mol. The normalized spacial score (nSPS) is 10.7. The third-order valence-corrected chi connectivity index (χ3v) is 3.38. The zero-order valence-corrected chi connectivity index (χ0v) is 12.7. The van der Waals surface area contributed by atoms with E-state index in [-0.39, 0.29) is 11.9 Å². The molecular weight excluding hydrogens is 262 g/mol. The lowest BCUT2D eigenvalue weighted by Crippen LogP contribution is -2.37. The van der Waals surface area contributed by atoms with Crippen molar-refractivity contribution in [3.8, 4) is 0 Å². The molecule has 0 aliphatic rings. The first kappa shape index (κ1) is 15.0. The van der Waals surface area contributed by atoms with E-state index in [9.17, 15) is 4.79 Å². The molecule has 1 heterocycles. The number of aromatic nitrogens is 1. The second kappa shape index (κ2) is 6.39. The van der Waals surface area contributed by atoms with E-state index in [0.717, 1.165) is 11.3 Å². The highest BCUT2D eigenvalue weighted by Gasteiger charge is 2.21. The smallest absolute Gasteiger partial charge is 0.256 e. The summed E-state index contributed by atoms with van der Waals surface area (Å²) in [6.07, 6.45) is 1.74. The number of hydrogen-bond donors (Lipinski definition) is 1. The minimum atomic E-state index is -0.0585. The standard InChI is InChI=1S/C17H21N3O/c1-12(2)20(11-14-6-4-5-9-19-14)17(21)15-10-13(3)7-8-16(15)18/h4-10,12H,11,18H2,1-3H3. The molecule has 1 amide bonds. The number of carbonyl (C=O) groups is 1. The number of aryl methyl sites for hydroxylation is 1. The van der Waals surface area contributed by atoms with Gasteiger partial charge in [-0.05, 0) is 45.0 Å². The zero-order valence-electron chi connectivity index (χ0n) is 12.7. The Morgan fingerprint density at radius 2 is 2.05 bits per heavy atom. The number of nitrogens with zero attached hydrogens (tertiary/aromatic N) is 2. The van der Waals surface area contributed by atoms with E-state index in [4.69, 9.17) is 5.73 Å². The van der Waals surface area contributed by atoms with Gasteiger partial charge in [-0.2, -0.15) is 0 Å². The predicted octanol–water partition coefficient (Wildman–Crippen LogP) is 3.02. The van der Waals surface area contributed by atoms with Crippen molar-refractivity contribution < 1.29 is 4.79 Å². The largest absolute Gasteiger partial charge is 0.398 e. The van der Waals surface area contributed by atoms with Gasteiger partial charge in [-0.3, -0.25) is 9.78 Å². The molecule has 0 spiro atoms. The summed E-state index contributed by atoms with van der Waals surface area (Å²) in [6, 6.07) is 11.3. The minimum Gasteiger partial charge on any atom is -0.398 e. The van der Waals surface area contributed by atoms with E-state index >= 15 is 0 Å². The van der Waals surface area contributed by atoms with Crippen LogP contribution in [0.3, 0.4) is 0 Å². The Hall–Kier alpha value is -2.36. The molecule has 2 rings (SSSR count). The van der Waals surface area contributed by atoms with Gasteiger partial charge in [0.15, 0.2) is 0 Å². The van der Waals surface area contributed by atoms with Crippen LogP contribution in [0.25, 0.3) is 0 Å². The summed E-state index contributed by atoms with van der Waals surface area (Å²) >= 11 is 0. The van der Waals surface area contributed by atoms with Crippen LogP contribution < -0.4 is 5.73 Å². The van der Waals surface area contributed by atoms with E-state index in [2.05, 4.69) is 4.98 Å². The summed E-state index contributed by atoms with van der Waals surface area (Å²) < 4.78 is 0. The van der Waals surface area contributed by atoms with Crippen LogP contribution in [0.5, 0.6) is 0 Å². The number of pyridine rings is 1. The number of benzene rings is 1. The zero-order chi connectivity index (χ0) is 15.4. The molecule has 1 aromatic heterocycles. The summed E-state index contributed by atoms with van der Waals surface area (Å²) in [5.41, 5.74) is 8.91. The van der Waals surface area contributed by atoms with Crippen molar-refractivity contribution in [3.63, 3.8) is 0 Å². The van der Waals surface area contributed by atoms with Crippen molar-refractivity contribution in [2.45, 2.75) is 33.4 Å². The fraction of sp³-hybridized carbons (Fsp3) is 0.294. The van der Waals surface area contributed by atoms with Gasteiger partial charge in [-0.25, -0.2) is 0 Å². The molecule has 4 heteroatoms. The lowest BCUT2D eigenvalue weighted by atomic mass is 10.1. The Morgan fingerprint density at radius 3 is 2.67 bits per heavy atom. The van der Waals surface area contributed by atoms with Crippen LogP contribution >= 0.6 is 0 Å². The second-order valence-electron chi connectivity index (χ2n) is 5.44. The molecule has 2 aromatic rings. The van der Waals surface area contributed by atoms with Gasteiger partial charge in [0.2, 0.25) is 0 Å². The maximum absolute atomic E-state index is 12.8. The Labute approximate surface area is 125 Å². The van der Waals surface area contributed by atoms with E-state index < -0.39 is 0 Å². The molecule has 0 atom stereocenters. The van der Waals surface area contributed by atoms with Crippen LogP contribution in [0, 0.1) is 6.92 Å². The number of hydrogen-bond acceptors (Lipinski definition) is 3. The highest BCUT2D eigenvalue weighted by molar-refractivity contribution is 5.99. The number of nitrogens with two attached hydrogens (primary N) is 1. The van der Waals surface area contributed by atoms with Crippen LogP contribution in [0.15, 0.2) is 42.6 Å². The molecule has 4 nitrogen and oxygen atoms in total. The summed E-state index contributed by atoms with van der Waals surface area (Å²) in [4.78, 5) is 18.9. The first-order chi connectivity index (χ1) is 9.99. The Kier molecular flexibility index (Phi) is 4.58. The van der Waals surface area contributed by atoms with Crippen molar-refractivity contribution in [3.05, 3.63) is 59.4 Å². The molecule has 0 saturated heterocycles. The number of amides is 1. The van der Waals surface area contributed by atoms with Crippen molar-refractivity contribution >= 4 is 11.6 Å². The molecule has 0 aliphatic carbocycles. The van der Waals surface area contributed by atoms with Gasteiger partial charge in [-0.1, -0.05) is 17.7 Å². The first-order valence-corrected chi connectivity index (χ1v) is 7.06. The summed E-state index contributed by atoms with van der Waals surface area (Å²) in [5, 5.41) is 0. The molecule has 0 saturated carbocycles. The molecule has 110 valence electrons.